The van der Waals surface area contributed by atoms with E-state index < -0.39 is 15.3 Å². The molecule has 7 heteroatoms. The van der Waals surface area contributed by atoms with Crippen LogP contribution in [0.15, 0.2) is 30.5 Å². The third kappa shape index (κ3) is 2.79. The van der Waals surface area contributed by atoms with Gasteiger partial charge in [-0.1, -0.05) is 0 Å². The highest BCUT2D eigenvalue weighted by Crippen LogP contribution is 2.28. The fourth-order valence-corrected chi connectivity index (χ4v) is 3.97. The molecule has 0 spiro atoms. The number of nitrogens with zero attached hydrogens (tertiary/aromatic N) is 1. The second-order valence-corrected chi connectivity index (χ2v) is 7.02. The molecule has 0 atom stereocenters. The van der Waals surface area contributed by atoms with Gasteiger partial charge in [0.15, 0.2) is 0 Å². The highest BCUT2D eigenvalue weighted by molar-refractivity contribution is 7.93. The first-order valence-corrected chi connectivity index (χ1v) is 8.35. The summed E-state index contributed by atoms with van der Waals surface area (Å²) >= 11 is 0. The van der Waals surface area contributed by atoms with Crippen LogP contribution in [0.5, 0.6) is 0 Å². The summed E-state index contributed by atoms with van der Waals surface area (Å²) in [6.45, 7) is 0.964. The quantitative estimate of drug-likeness (QED) is 0.842. The number of ether oxygens (including phenoxy) is 1. The van der Waals surface area contributed by atoms with Crippen molar-refractivity contribution < 1.29 is 13.2 Å². The Balaban J connectivity index is 1.96. The van der Waals surface area contributed by atoms with Crippen molar-refractivity contribution >= 4 is 32.3 Å². The minimum Gasteiger partial charge on any atom is -0.397 e. The predicted molar refractivity (Wildman–Crippen MR) is 82.5 cm³/mol. The van der Waals surface area contributed by atoms with Gasteiger partial charge in [-0.05, 0) is 37.1 Å². The molecule has 2 aromatic rings. The first-order valence-electron chi connectivity index (χ1n) is 6.80. The van der Waals surface area contributed by atoms with Gasteiger partial charge in [0.05, 0.1) is 22.1 Å². The lowest BCUT2D eigenvalue weighted by atomic mass is 10.1. The number of pyridine rings is 1. The minimum absolute atomic E-state index is 0.421. The first-order chi connectivity index (χ1) is 10.1. The molecule has 1 aromatic carbocycles. The fraction of sp³-hybridized carbons (Fsp3) is 0.357. The average Bonchev–Trinajstić information content (AvgIpc) is 2.51. The maximum Gasteiger partial charge on any atom is 0.235 e. The molecule has 1 aromatic heterocycles. The topological polar surface area (TPSA) is 94.3 Å². The van der Waals surface area contributed by atoms with E-state index in [-0.39, 0.29) is 0 Å². The Labute approximate surface area is 123 Å². The van der Waals surface area contributed by atoms with Crippen LogP contribution in [0, 0.1) is 0 Å². The molecule has 0 bridgehead atoms. The largest absolute Gasteiger partial charge is 0.397 e. The molecule has 0 radical (unpaired) electrons. The number of fused-ring (bicyclic) bond motifs is 1. The molecule has 6 nitrogen and oxygen atoms in total. The molecule has 2 heterocycles. The lowest BCUT2D eigenvalue weighted by molar-refractivity contribution is 0.0984. The van der Waals surface area contributed by atoms with Crippen molar-refractivity contribution in [3.8, 4) is 0 Å². The zero-order valence-corrected chi connectivity index (χ0v) is 12.3. The lowest BCUT2D eigenvalue weighted by Gasteiger charge is -2.23. The number of rotatable bonds is 3. The number of hydrogen-bond acceptors (Lipinski definition) is 5. The Kier molecular flexibility index (Phi) is 3.69. The molecule has 21 heavy (non-hydrogen) atoms. The number of aromatic nitrogens is 1. The lowest BCUT2D eigenvalue weighted by Crippen LogP contribution is -2.33. The molecule has 0 saturated carbocycles. The van der Waals surface area contributed by atoms with Crippen molar-refractivity contribution in [3.63, 3.8) is 0 Å². The summed E-state index contributed by atoms with van der Waals surface area (Å²) in [5.74, 6) is 0. The first kappa shape index (κ1) is 14.1. The summed E-state index contributed by atoms with van der Waals surface area (Å²) in [6.07, 6.45) is 2.66. The number of hydrogen-bond donors (Lipinski definition) is 2. The van der Waals surface area contributed by atoms with E-state index >= 15 is 0 Å². The van der Waals surface area contributed by atoms with Gasteiger partial charge in [0, 0.05) is 24.8 Å². The van der Waals surface area contributed by atoms with E-state index in [0.717, 1.165) is 0 Å². The van der Waals surface area contributed by atoms with Crippen LogP contribution in [0.2, 0.25) is 0 Å². The standard InChI is InChI=1S/C14H17N3O3S/c15-12-3-4-13(11-2-1-7-16-14(11)12)17-21(18,19)10-5-8-20-9-6-10/h1-4,7,10,17H,5-6,8-9,15H2. The van der Waals surface area contributed by atoms with Gasteiger partial charge in [0.25, 0.3) is 0 Å². The van der Waals surface area contributed by atoms with Crippen LogP contribution < -0.4 is 10.5 Å². The van der Waals surface area contributed by atoms with E-state index in [1.165, 1.54) is 0 Å². The summed E-state index contributed by atoms with van der Waals surface area (Å²) < 4.78 is 32.8. The van der Waals surface area contributed by atoms with E-state index in [4.69, 9.17) is 10.5 Å². The van der Waals surface area contributed by atoms with E-state index in [1.54, 1.807) is 30.5 Å². The normalized spacial score (nSPS) is 17.0. The molecular weight excluding hydrogens is 290 g/mol. The molecule has 1 aliphatic rings. The fourth-order valence-electron chi connectivity index (χ4n) is 2.51. The number of benzene rings is 1. The molecule has 0 amide bonds. The molecule has 0 aliphatic carbocycles. The van der Waals surface area contributed by atoms with Crippen molar-refractivity contribution in [2.24, 2.45) is 0 Å². The maximum absolute atomic E-state index is 12.5. The Morgan fingerprint density at radius 3 is 2.76 bits per heavy atom. The molecule has 0 unspecified atom stereocenters. The van der Waals surface area contributed by atoms with Crippen LogP contribution in [0.1, 0.15) is 12.8 Å². The van der Waals surface area contributed by atoms with E-state index in [1.807, 2.05) is 0 Å². The highest BCUT2D eigenvalue weighted by Gasteiger charge is 2.28. The number of nitrogens with one attached hydrogen (secondary N) is 1. The zero-order chi connectivity index (χ0) is 14.9. The molecule has 1 saturated heterocycles. The van der Waals surface area contributed by atoms with Gasteiger partial charge in [0.1, 0.15) is 0 Å². The zero-order valence-electron chi connectivity index (χ0n) is 11.5. The maximum atomic E-state index is 12.5. The van der Waals surface area contributed by atoms with Crippen molar-refractivity contribution in [2.45, 2.75) is 18.1 Å². The van der Waals surface area contributed by atoms with Crippen LogP contribution in [-0.4, -0.2) is 31.9 Å². The van der Waals surface area contributed by atoms with Crippen LogP contribution >= 0.6 is 0 Å². The molecule has 1 fully saturated rings. The highest BCUT2D eigenvalue weighted by atomic mass is 32.2. The van der Waals surface area contributed by atoms with Crippen LogP contribution in [0.25, 0.3) is 10.9 Å². The smallest absolute Gasteiger partial charge is 0.235 e. The van der Waals surface area contributed by atoms with E-state index in [9.17, 15) is 8.42 Å². The van der Waals surface area contributed by atoms with Gasteiger partial charge in [0.2, 0.25) is 10.0 Å². The Morgan fingerprint density at radius 2 is 2.00 bits per heavy atom. The molecular formula is C14H17N3O3S. The molecule has 3 N–H and O–H groups in total. The number of sulfonamides is 1. The van der Waals surface area contributed by atoms with Crippen molar-refractivity contribution in [1.29, 1.82) is 0 Å². The summed E-state index contributed by atoms with van der Waals surface area (Å²) in [4.78, 5) is 4.20. The SMILES string of the molecule is Nc1ccc(NS(=O)(=O)C2CCOCC2)c2cccnc12. The van der Waals surface area contributed by atoms with Gasteiger partial charge in [-0.2, -0.15) is 0 Å². The molecule has 3 rings (SSSR count). The monoisotopic (exact) mass is 307 g/mol. The van der Waals surface area contributed by atoms with Crippen molar-refractivity contribution in [1.82, 2.24) is 4.98 Å². The second-order valence-electron chi connectivity index (χ2n) is 5.06. The van der Waals surface area contributed by atoms with Crippen LogP contribution in [0.4, 0.5) is 11.4 Å². The van der Waals surface area contributed by atoms with Gasteiger partial charge < -0.3 is 10.5 Å². The Morgan fingerprint density at radius 1 is 1.24 bits per heavy atom. The van der Waals surface area contributed by atoms with Gasteiger partial charge >= 0.3 is 0 Å². The predicted octanol–water partition coefficient (Wildman–Crippen LogP) is 1.74. The Hall–Kier alpha value is -1.86. The van der Waals surface area contributed by atoms with Crippen LogP contribution in [-0.2, 0) is 14.8 Å². The number of nitrogens with two attached hydrogens (primary N) is 1. The number of anilines is 2. The molecule has 112 valence electrons. The Bertz CT molecular complexity index is 755. The molecule has 1 aliphatic heterocycles. The minimum atomic E-state index is -3.44. The average molecular weight is 307 g/mol. The van der Waals surface area contributed by atoms with Crippen molar-refractivity contribution in [2.75, 3.05) is 23.7 Å². The van der Waals surface area contributed by atoms with E-state index in [0.29, 0.717) is 48.3 Å². The van der Waals surface area contributed by atoms with Crippen LogP contribution in [0.3, 0.4) is 0 Å². The van der Waals surface area contributed by atoms with Gasteiger partial charge in [-0.25, -0.2) is 8.42 Å². The van der Waals surface area contributed by atoms with E-state index in [2.05, 4.69) is 9.71 Å². The summed E-state index contributed by atoms with van der Waals surface area (Å²) in [5.41, 5.74) is 7.52. The second kappa shape index (κ2) is 5.50. The van der Waals surface area contributed by atoms with Crippen molar-refractivity contribution in [3.05, 3.63) is 30.5 Å². The third-order valence-corrected chi connectivity index (χ3v) is 5.51. The third-order valence-electron chi connectivity index (χ3n) is 3.66. The number of nitrogen functional groups attached to an aromatic ring is 1. The van der Waals surface area contributed by atoms with Gasteiger partial charge in [-0.3, -0.25) is 9.71 Å². The van der Waals surface area contributed by atoms with Gasteiger partial charge in [-0.15, -0.1) is 0 Å². The summed E-state index contributed by atoms with van der Waals surface area (Å²) in [6, 6.07) is 6.90. The summed E-state index contributed by atoms with van der Waals surface area (Å²) in [7, 11) is -3.44. The summed E-state index contributed by atoms with van der Waals surface area (Å²) in [5, 5.41) is 0.281.